The van der Waals surface area contributed by atoms with Gasteiger partial charge in [-0.1, -0.05) is 18.2 Å². The van der Waals surface area contributed by atoms with E-state index in [1.165, 1.54) is 0 Å². The van der Waals surface area contributed by atoms with E-state index >= 15 is 0 Å². The normalized spacial score (nSPS) is 10.5. The molecule has 0 aromatic heterocycles. The molecular formula is C16H24N2O3. The maximum Gasteiger partial charge on any atom is 0.324 e. The van der Waals surface area contributed by atoms with Crippen LogP contribution in [-0.2, 0) is 4.79 Å². The van der Waals surface area contributed by atoms with Crippen molar-refractivity contribution in [1.29, 1.82) is 0 Å². The van der Waals surface area contributed by atoms with Crippen LogP contribution in [0.25, 0.3) is 0 Å². The van der Waals surface area contributed by atoms with Gasteiger partial charge in [0.15, 0.2) is 0 Å². The lowest BCUT2D eigenvalue weighted by Crippen LogP contribution is -2.47. The van der Waals surface area contributed by atoms with Crippen LogP contribution in [0.4, 0.5) is 10.5 Å². The second kappa shape index (κ2) is 8.29. The summed E-state index contributed by atoms with van der Waals surface area (Å²) < 4.78 is 0. The van der Waals surface area contributed by atoms with Crippen molar-refractivity contribution in [3.8, 4) is 0 Å². The number of hydrogen-bond donors (Lipinski definition) is 1. The number of anilines is 1. The highest BCUT2D eigenvalue weighted by Gasteiger charge is 2.23. The van der Waals surface area contributed by atoms with E-state index in [1.807, 2.05) is 51.1 Å². The molecule has 0 atom stereocenters. The summed E-state index contributed by atoms with van der Waals surface area (Å²) in [6.45, 7) is 6.92. The molecule has 0 bridgehead atoms. The summed E-state index contributed by atoms with van der Waals surface area (Å²) in [5.41, 5.74) is 0.798. The van der Waals surface area contributed by atoms with Crippen LogP contribution in [-0.4, -0.2) is 41.1 Å². The zero-order valence-electron chi connectivity index (χ0n) is 13.0. The second-order valence-electron chi connectivity index (χ2n) is 5.15. The summed E-state index contributed by atoms with van der Waals surface area (Å²) in [5.74, 6) is -0.841. The van der Waals surface area contributed by atoms with E-state index in [9.17, 15) is 9.59 Å². The lowest BCUT2D eigenvalue weighted by atomic mass is 10.2. The lowest BCUT2D eigenvalue weighted by molar-refractivity contribution is -0.137. The van der Waals surface area contributed by atoms with Crippen molar-refractivity contribution in [3.05, 3.63) is 30.3 Å². The molecule has 0 unspecified atom stereocenters. The minimum absolute atomic E-state index is 0.0599. The molecule has 0 saturated heterocycles. The highest BCUT2D eigenvalue weighted by atomic mass is 16.4. The summed E-state index contributed by atoms with van der Waals surface area (Å²) in [5, 5.41) is 8.77. The van der Waals surface area contributed by atoms with Gasteiger partial charge >= 0.3 is 12.0 Å². The van der Waals surface area contributed by atoms with Gasteiger partial charge in [0.25, 0.3) is 0 Å². The second-order valence-corrected chi connectivity index (χ2v) is 5.15. The number of amides is 2. The number of carbonyl (C=O) groups is 2. The molecule has 5 nitrogen and oxygen atoms in total. The van der Waals surface area contributed by atoms with E-state index in [0.29, 0.717) is 19.5 Å². The number of rotatable bonds is 7. The van der Waals surface area contributed by atoms with E-state index in [-0.39, 0.29) is 18.5 Å². The summed E-state index contributed by atoms with van der Waals surface area (Å²) in [7, 11) is 0. The number of carboxylic acids is 1. The highest BCUT2D eigenvalue weighted by Crippen LogP contribution is 2.17. The van der Waals surface area contributed by atoms with Gasteiger partial charge in [-0.3, -0.25) is 9.69 Å². The summed E-state index contributed by atoms with van der Waals surface area (Å²) >= 11 is 0. The number of para-hydroxylation sites is 1. The Morgan fingerprint density at radius 3 is 2.29 bits per heavy atom. The quantitative estimate of drug-likeness (QED) is 0.839. The number of carboxylic acid groups (broad SMARTS) is 1. The first-order valence-electron chi connectivity index (χ1n) is 7.32. The van der Waals surface area contributed by atoms with E-state index < -0.39 is 5.97 Å². The minimum Gasteiger partial charge on any atom is -0.481 e. The molecule has 0 radical (unpaired) electrons. The Bertz CT molecular complexity index is 460. The molecule has 0 saturated carbocycles. The van der Waals surface area contributed by atoms with Gasteiger partial charge in [0, 0.05) is 31.2 Å². The van der Waals surface area contributed by atoms with Gasteiger partial charge < -0.3 is 10.0 Å². The molecule has 1 N–H and O–H groups in total. The van der Waals surface area contributed by atoms with Crippen LogP contribution in [0.15, 0.2) is 30.3 Å². The van der Waals surface area contributed by atoms with Gasteiger partial charge in [-0.05, 0) is 39.3 Å². The first-order valence-corrected chi connectivity index (χ1v) is 7.32. The molecule has 0 aliphatic heterocycles. The Labute approximate surface area is 126 Å². The van der Waals surface area contributed by atoms with Crippen LogP contribution in [0.5, 0.6) is 0 Å². The highest BCUT2D eigenvalue weighted by molar-refractivity contribution is 5.92. The van der Waals surface area contributed by atoms with E-state index in [0.717, 1.165) is 5.69 Å². The molecule has 21 heavy (non-hydrogen) atoms. The zero-order chi connectivity index (χ0) is 15.8. The molecule has 0 spiro atoms. The first-order chi connectivity index (χ1) is 9.97. The predicted octanol–water partition coefficient (Wildman–Crippen LogP) is 3.21. The average molecular weight is 292 g/mol. The molecule has 1 rings (SSSR count). The summed E-state index contributed by atoms with van der Waals surface area (Å²) in [6, 6.07) is 9.40. The zero-order valence-corrected chi connectivity index (χ0v) is 13.0. The molecule has 0 heterocycles. The first kappa shape index (κ1) is 17.0. The van der Waals surface area contributed by atoms with E-state index in [4.69, 9.17) is 5.11 Å². The third kappa shape index (κ3) is 5.10. The number of aliphatic carboxylic acids is 1. The van der Waals surface area contributed by atoms with Gasteiger partial charge in [-0.2, -0.15) is 0 Å². The van der Waals surface area contributed by atoms with Crippen LogP contribution in [0, 0.1) is 0 Å². The van der Waals surface area contributed by atoms with Crippen molar-refractivity contribution >= 4 is 17.7 Å². The fraction of sp³-hybridized carbons (Fsp3) is 0.500. The maximum absolute atomic E-state index is 12.7. The number of nitrogens with zero attached hydrogens (tertiary/aromatic N) is 2. The lowest BCUT2D eigenvalue weighted by Gasteiger charge is -2.32. The van der Waals surface area contributed by atoms with Crippen molar-refractivity contribution in [2.45, 2.75) is 39.7 Å². The maximum atomic E-state index is 12.7. The monoisotopic (exact) mass is 292 g/mol. The fourth-order valence-electron chi connectivity index (χ4n) is 2.21. The number of hydrogen-bond acceptors (Lipinski definition) is 2. The third-order valence-electron chi connectivity index (χ3n) is 3.28. The van der Waals surface area contributed by atoms with Gasteiger partial charge in [0.05, 0.1) is 0 Å². The largest absolute Gasteiger partial charge is 0.481 e. The Morgan fingerprint density at radius 2 is 1.81 bits per heavy atom. The van der Waals surface area contributed by atoms with Crippen LogP contribution >= 0.6 is 0 Å². The smallest absolute Gasteiger partial charge is 0.324 e. The van der Waals surface area contributed by atoms with Crippen molar-refractivity contribution in [2.75, 3.05) is 18.0 Å². The van der Waals surface area contributed by atoms with Gasteiger partial charge in [-0.25, -0.2) is 4.79 Å². The third-order valence-corrected chi connectivity index (χ3v) is 3.28. The SMILES string of the molecule is CCN(C(=O)N(CCCC(=O)O)c1ccccc1)C(C)C. The van der Waals surface area contributed by atoms with Crippen molar-refractivity contribution in [3.63, 3.8) is 0 Å². The van der Waals surface area contributed by atoms with Gasteiger partial charge in [0.2, 0.25) is 0 Å². The van der Waals surface area contributed by atoms with Crippen molar-refractivity contribution < 1.29 is 14.7 Å². The summed E-state index contributed by atoms with van der Waals surface area (Å²) in [6.07, 6.45) is 0.496. The molecule has 0 aliphatic rings. The Hall–Kier alpha value is -2.04. The molecule has 5 heteroatoms. The molecule has 116 valence electrons. The number of benzene rings is 1. The van der Waals surface area contributed by atoms with E-state index in [1.54, 1.807) is 9.80 Å². The topological polar surface area (TPSA) is 60.9 Å². The average Bonchev–Trinajstić information content (AvgIpc) is 2.44. The Morgan fingerprint density at radius 1 is 1.19 bits per heavy atom. The molecule has 1 aromatic carbocycles. The van der Waals surface area contributed by atoms with Crippen LogP contribution in [0.1, 0.15) is 33.6 Å². The Kier molecular flexibility index (Phi) is 6.72. The predicted molar refractivity (Wildman–Crippen MR) is 83.6 cm³/mol. The van der Waals surface area contributed by atoms with Crippen LogP contribution in [0.2, 0.25) is 0 Å². The van der Waals surface area contributed by atoms with E-state index in [2.05, 4.69) is 0 Å². The van der Waals surface area contributed by atoms with Gasteiger partial charge in [0.1, 0.15) is 0 Å². The Balaban J connectivity index is 2.90. The van der Waals surface area contributed by atoms with Gasteiger partial charge in [-0.15, -0.1) is 0 Å². The molecule has 2 amide bonds. The molecular weight excluding hydrogens is 268 g/mol. The van der Waals surface area contributed by atoms with Crippen molar-refractivity contribution in [2.24, 2.45) is 0 Å². The van der Waals surface area contributed by atoms with Crippen LogP contribution in [0.3, 0.4) is 0 Å². The molecule has 0 fully saturated rings. The molecule has 1 aromatic rings. The molecule has 0 aliphatic carbocycles. The number of urea groups is 1. The summed E-state index contributed by atoms with van der Waals surface area (Å²) in [4.78, 5) is 26.8. The number of carbonyl (C=O) groups excluding carboxylic acids is 1. The standard InChI is InChI=1S/C16H24N2O3/c1-4-17(13(2)3)16(21)18(12-8-11-15(19)20)14-9-6-5-7-10-14/h5-7,9-10,13H,4,8,11-12H2,1-3H3,(H,19,20). The minimum atomic E-state index is -0.841. The van der Waals surface area contributed by atoms with Crippen LogP contribution < -0.4 is 4.90 Å². The fourth-order valence-corrected chi connectivity index (χ4v) is 2.21. The van der Waals surface area contributed by atoms with Crippen molar-refractivity contribution in [1.82, 2.24) is 4.90 Å².